The molecule has 0 aliphatic carbocycles. The molecule has 98 valence electrons. The van der Waals surface area contributed by atoms with Crippen molar-refractivity contribution in [1.82, 2.24) is 9.80 Å². The van der Waals surface area contributed by atoms with Crippen LogP contribution < -0.4 is 0 Å². The highest BCUT2D eigenvalue weighted by Crippen LogP contribution is 2.17. The van der Waals surface area contributed by atoms with Gasteiger partial charge in [-0.1, -0.05) is 6.07 Å². The van der Waals surface area contributed by atoms with Gasteiger partial charge in [-0.2, -0.15) is 0 Å². The predicted octanol–water partition coefficient (Wildman–Crippen LogP) is 2.46. The number of carbonyl (C=O) groups is 1. The molecule has 0 unspecified atom stereocenters. The highest BCUT2D eigenvalue weighted by atomic mass is 127. The van der Waals surface area contributed by atoms with Gasteiger partial charge in [-0.05, 0) is 73.8 Å². The van der Waals surface area contributed by atoms with Crippen molar-refractivity contribution < 1.29 is 4.79 Å². The normalized spacial score (nSPS) is 17.7. The molecular formula is C14H19IN2O. The molecular weight excluding hydrogens is 339 g/mol. The molecule has 0 aromatic heterocycles. The fraction of sp³-hybridized carbons (Fsp3) is 0.500. The van der Waals surface area contributed by atoms with E-state index in [1.165, 1.54) is 0 Å². The summed E-state index contributed by atoms with van der Waals surface area (Å²) in [6.45, 7) is 2.16. The minimum atomic E-state index is 0.142. The van der Waals surface area contributed by atoms with E-state index in [-0.39, 0.29) is 5.91 Å². The number of hydrogen-bond acceptors (Lipinski definition) is 2. The summed E-state index contributed by atoms with van der Waals surface area (Å²) >= 11 is 2.24. The van der Waals surface area contributed by atoms with Crippen LogP contribution in [0, 0.1) is 3.57 Å². The molecule has 2 rings (SSSR count). The van der Waals surface area contributed by atoms with Crippen LogP contribution in [0.25, 0.3) is 0 Å². The highest BCUT2D eigenvalue weighted by Gasteiger charge is 2.24. The molecule has 0 atom stereocenters. The van der Waals surface area contributed by atoms with Crippen molar-refractivity contribution in [2.75, 3.05) is 27.2 Å². The number of rotatable bonds is 2. The Bertz CT molecular complexity index is 428. The van der Waals surface area contributed by atoms with Crippen molar-refractivity contribution in [2.45, 2.75) is 18.9 Å². The first-order chi connectivity index (χ1) is 8.58. The molecule has 1 heterocycles. The van der Waals surface area contributed by atoms with Gasteiger partial charge in [0.2, 0.25) is 0 Å². The fourth-order valence-electron chi connectivity index (χ4n) is 2.37. The number of amides is 1. The van der Waals surface area contributed by atoms with E-state index in [1.54, 1.807) is 0 Å². The van der Waals surface area contributed by atoms with Crippen molar-refractivity contribution in [3.63, 3.8) is 0 Å². The summed E-state index contributed by atoms with van der Waals surface area (Å²) in [5.74, 6) is 0.142. The van der Waals surface area contributed by atoms with Gasteiger partial charge in [0.1, 0.15) is 0 Å². The van der Waals surface area contributed by atoms with Crippen LogP contribution in [0.3, 0.4) is 0 Å². The first-order valence-corrected chi connectivity index (χ1v) is 7.37. The number of likely N-dealkylation sites (tertiary alicyclic amines) is 1. The third kappa shape index (κ3) is 3.23. The Labute approximate surface area is 122 Å². The molecule has 0 radical (unpaired) electrons. The Kier molecular flexibility index (Phi) is 4.61. The largest absolute Gasteiger partial charge is 0.339 e. The van der Waals surface area contributed by atoms with Crippen LogP contribution in [0.15, 0.2) is 24.3 Å². The van der Waals surface area contributed by atoms with Crippen LogP contribution in [0.1, 0.15) is 23.2 Å². The van der Waals surface area contributed by atoms with E-state index in [0.29, 0.717) is 6.04 Å². The van der Waals surface area contributed by atoms with Crippen molar-refractivity contribution in [2.24, 2.45) is 0 Å². The molecule has 0 bridgehead atoms. The van der Waals surface area contributed by atoms with Gasteiger partial charge in [-0.15, -0.1) is 0 Å². The number of hydrogen-bond donors (Lipinski definition) is 0. The zero-order valence-electron chi connectivity index (χ0n) is 10.9. The second-order valence-corrected chi connectivity index (χ2v) is 6.21. The molecule has 1 saturated heterocycles. The van der Waals surface area contributed by atoms with Crippen LogP contribution in [-0.2, 0) is 0 Å². The van der Waals surface area contributed by atoms with E-state index < -0.39 is 0 Å². The number of carbonyl (C=O) groups excluding carboxylic acids is 1. The summed E-state index contributed by atoms with van der Waals surface area (Å²) in [5, 5.41) is 0. The van der Waals surface area contributed by atoms with E-state index in [4.69, 9.17) is 0 Å². The first-order valence-electron chi connectivity index (χ1n) is 6.29. The average Bonchev–Trinajstić information content (AvgIpc) is 2.38. The molecule has 0 saturated carbocycles. The molecule has 1 aliphatic rings. The fourth-order valence-corrected chi connectivity index (χ4v) is 2.92. The zero-order chi connectivity index (χ0) is 13.1. The monoisotopic (exact) mass is 358 g/mol. The van der Waals surface area contributed by atoms with Gasteiger partial charge >= 0.3 is 0 Å². The van der Waals surface area contributed by atoms with Gasteiger partial charge in [0.25, 0.3) is 5.91 Å². The second kappa shape index (κ2) is 6.02. The number of piperidine rings is 1. The number of halogens is 1. The van der Waals surface area contributed by atoms with E-state index in [9.17, 15) is 4.79 Å². The molecule has 0 spiro atoms. The lowest BCUT2D eigenvalue weighted by Crippen LogP contribution is -2.44. The lowest BCUT2D eigenvalue weighted by Gasteiger charge is -2.35. The smallest absolute Gasteiger partial charge is 0.253 e. The molecule has 18 heavy (non-hydrogen) atoms. The lowest BCUT2D eigenvalue weighted by molar-refractivity contribution is 0.0659. The Hall–Kier alpha value is -0.620. The van der Waals surface area contributed by atoms with Crippen LogP contribution >= 0.6 is 22.6 Å². The van der Waals surface area contributed by atoms with Gasteiger partial charge in [0, 0.05) is 22.2 Å². The molecule has 1 aliphatic heterocycles. The second-order valence-electron chi connectivity index (χ2n) is 4.96. The van der Waals surface area contributed by atoms with Crippen molar-refractivity contribution in [3.05, 3.63) is 33.4 Å². The molecule has 3 nitrogen and oxygen atoms in total. The quantitative estimate of drug-likeness (QED) is 0.759. The maximum absolute atomic E-state index is 12.4. The van der Waals surface area contributed by atoms with Crippen molar-refractivity contribution >= 4 is 28.5 Å². The van der Waals surface area contributed by atoms with Crippen LogP contribution in [0.5, 0.6) is 0 Å². The Morgan fingerprint density at radius 2 is 2.06 bits per heavy atom. The molecule has 1 fully saturated rings. The van der Waals surface area contributed by atoms with Gasteiger partial charge in [0.15, 0.2) is 0 Å². The topological polar surface area (TPSA) is 23.6 Å². The van der Waals surface area contributed by atoms with Gasteiger partial charge in [-0.25, -0.2) is 0 Å². The van der Waals surface area contributed by atoms with E-state index in [1.807, 2.05) is 36.2 Å². The zero-order valence-corrected chi connectivity index (χ0v) is 13.1. The summed E-state index contributed by atoms with van der Waals surface area (Å²) in [6.07, 6.45) is 2.14. The summed E-state index contributed by atoms with van der Waals surface area (Å²) in [6, 6.07) is 8.18. The van der Waals surface area contributed by atoms with Gasteiger partial charge < -0.3 is 9.80 Å². The highest BCUT2D eigenvalue weighted by molar-refractivity contribution is 14.1. The number of benzene rings is 1. The average molecular weight is 358 g/mol. The summed E-state index contributed by atoms with van der Waals surface area (Å²) in [5.41, 5.74) is 0.795. The van der Waals surface area contributed by atoms with Crippen molar-refractivity contribution in [3.8, 4) is 0 Å². The number of nitrogens with zero attached hydrogens (tertiary/aromatic N) is 2. The minimum absolute atomic E-state index is 0.142. The van der Waals surface area contributed by atoms with Crippen LogP contribution in [0.4, 0.5) is 0 Å². The standard InChI is InChI=1S/C14H19IN2O/c1-16-8-6-13(7-9-16)17(2)14(18)11-4-3-5-12(15)10-11/h3-5,10,13H,6-9H2,1-2H3. The van der Waals surface area contributed by atoms with Crippen LogP contribution in [-0.4, -0.2) is 48.9 Å². The maximum atomic E-state index is 12.4. The maximum Gasteiger partial charge on any atom is 0.253 e. The molecule has 4 heteroatoms. The summed E-state index contributed by atoms with van der Waals surface area (Å²) in [4.78, 5) is 16.6. The molecule has 0 N–H and O–H groups in total. The van der Waals surface area contributed by atoms with Gasteiger partial charge in [0.05, 0.1) is 0 Å². The Morgan fingerprint density at radius 1 is 1.39 bits per heavy atom. The van der Waals surface area contributed by atoms with Crippen molar-refractivity contribution in [1.29, 1.82) is 0 Å². The SMILES string of the molecule is CN1CCC(N(C)C(=O)c2cccc(I)c2)CC1. The molecule has 1 amide bonds. The summed E-state index contributed by atoms with van der Waals surface area (Å²) in [7, 11) is 4.07. The minimum Gasteiger partial charge on any atom is -0.339 e. The first kappa shape index (κ1) is 13.8. The lowest BCUT2D eigenvalue weighted by atomic mass is 10.0. The molecule has 1 aromatic rings. The third-order valence-electron chi connectivity index (χ3n) is 3.63. The Balaban J connectivity index is 2.04. The predicted molar refractivity (Wildman–Crippen MR) is 81.8 cm³/mol. The molecule has 1 aromatic carbocycles. The van der Waals surface area contributed by atoms with E-state index in [0.717, 1.165) is 35.1 Å². The summed E-state index contributed by atoms with van der Waals surface area (Å²) < 4.78 is 1.11. The van der Waals surface area contributed by atoms with E-state index in [2.05, 4.69) is 34.5 Å². The van der Waals surface area contributed by atoms with E-state index >= 15 is 0 Å². The van der Waals surface area contributed by atoms with Crippen LogP contribution in [0.2, 0.25) is 0 Å². The Morgan fingerprint density at radius 3 is 2.67 bits per heavy atom. The van der Waals surface area contributed by atoms with Gasteiger partial charge in [-0.3, -0.25) is 4.79 Å². The third-order valence-corrected chi connectivity index (χ3v) is 4.30.